The quantitative estimate of drug-likeness (QED) is 0.209. The number of rotatable bonds is 9. The minimum absolute atomic E-state index is 0.0300. The van der Waals surface area contributed by atoms with Gasteiger partial charge in [-0.05, 0) is 88.0 Å². The smallest absolute Gasteiger partial charge is 0.324 e. The fourth-order valence-electron chi connectivity index (χ4n) is 3.69. The van der Waals surface area contributed by atoms with Crippen molar-refractivity contribution < 1.29 is 28.7 Å². The van der Waals surface area contributed by atoms with Crippen LogP contribution >= 0.6 is 0 Å². The van der Waals surface area contributed by atoms with Crippen molar-refractivity contribution in [2.45, 2.75) is 111 Å². The molecular weight excluding hydrogens is 436 g/mol. The summed E-state index contributed by atoms with van der Waals surface area (Å²) in [6, 6.07) is -1.36. The first-order valence-corrected chi connectivity index (χ1v) is 11.8. The minimum atomic E-state index is -0.749. The maximum atomic E-state index is 13.3. The fourth-order valence-corrected chi connectivity index (χ4v) is 3.69. The second kappa shape index (κ2) is 11.5. The Balaban J connectivity index is 3.31. The van der Waals surface area contributed by atoms with Gasteiger partial charge in [0, 0.05) is 12.7 Å². The summed E-state index contributed by atoms with van der Waals surface area (Å²) in [5.41, 5.74) is -1.20. The molecule has 0 radical (unpaired) electrons. The average Bonchev–Trinajstić information content (AvgIpc) is 3.05. The van der Waals surface area contributed by atoms with Gasteiger partial charge in [0.15, 0.2) is 0 Å². The Morgan fingerprint density at radius 1 is 1.03 bits per heavy atom. The number of esters is 2. The van der Waals surface area contributed by atoms with Crippen molar-refractivity contribution in [3.8, 4) is 0 Å². The van der Waals surface area contributed by atoms with E-state index in [0.717, 1.165) is 10.6 Å². The molecular formula is C26H44N2O6. The van der Waals surface area contributed by atoms with E-state index in [1.165, 1.54) is 0 Å². The second-order valence-electron chi connectivity index (χ2n) is 11.9. The Bertz CT molecular complexity index is 770. The molecule has 2 unspecified atom stereocenters. The number of hydrogen-bond donors (Lipinski definition) is 0. The third-order valence-corrected chi connectivity index (χ3v) is 4.81. The molecule has 1 aliphatic rings. The number of hydrogen-bond acceptors (Lipinski definition) is 7. The molecule has 0 bridgehead atoms. The van der Waals surface area contributed by atoms with Gasteiger partial charge in [0.25, 0.3) is 0 Å². The maximum Gasteiger partial charge on any atom is 0.324 e. The first kappa shape index (κ1) is 29.8. The van der Waals surface area contributed by atoms with Crippen LogP contribution in [-0.2, 0) is 28.7 Å². The number of amides is 1. The van der Waals surface area contributed by atoms with E-state index in [-0.39, 0.29) is 18.3 Å². The van der Waals surface area contributed by atoms with Crippen LogP contribution in [0.25, 0.3) is 0 Å². The predicted molar refractivity (Wildman–Crippen MR) is 131 cm³/mol. The zero-order valence-electron chi connectivity index (χ0n) is 22.6. The Morgan fingerprint density at radius 2 is 1.59 bits per heavy atom. The molecule has 1 aliphatic heterocycles. The van der Waals surface area contributed by atoms with Crippen molar-refractivity contribution in [2.75, 3.05) is 6.54 Å². The summed E-state index contributed by atoms with van der Waals surface area (Å²) in [6.45, 7) is 22.5. The summed E-state index contributed by atoms with van der Waals surface area (Å²) in [6.07, 6.45) is 4.69. The fraction of sp³-hybridized carbons (Fsp3) is 0.731. The molecule has 1 amide bonds. The standard InChI is InChI=1S/C26H44N2O6/c1-12-19-14-21(23(31)33-25(6,7)8)28(16-19)20(22(30)32-24(3,4)5)13-18(2)15-27(17-29)34-26(9,10)11/h12,15,17,19-21H,1,13-14,16H2,2-11H3/t19?,20-,21?/m1/s1. The highest BCUT2D eigenvalue weighted by Gasteiger charge is 2.44. The van der Waals surface area contributed by atoms with Crippen molar-refractivity contribution in [1.82, 2.24) is 9.96 Å². The summed E-state index contributed by atoms with van der Waals surface area (Å²) in [7, 11) is 0. The summed E-state index contributed by atoms with van der Waals surface area (Å²) in [5, 5.41) is 1.10. The first-order chi connectivity index (χ1) is 15.3. The SMILES string of the molecule is C=CC1CC(C(=O)OC(C)(C)C)N([C@H](CC(C)=CN(C=O)OC(C)(C)C)C(=O)OC(C)(C)C)C1. The third kappa shape index (κ3) is 10.4. The zero-order valence-corrected chi connectivity index (χ0v) is 22.6. The average molecular weight is 481 g/mol. The zero-order chi connectivity index (χ0) is 26.5. The molecule has 8 nitrogen and oxygen atoms in total. The van der Waals surface area contributed by atoms with Crippen LogP contribution in [0, 0.1) is 5.92 Å². The van der Waals surface area contributed by atoms with Crippen molar-refractivity contribution in [2.24, 2.45) is 5.92 Å². The van der Waals surface area contributed by atoms with Gasteiger partial charge in [0.05, 0.1) is 5.60 Å². The van der Waals surface area contributed by atoms with Crippen molar-refractivity contribution >= 4 is 18.3 Å². The van der Waals surface area contributed by atoms with E-state index in [9.17, 15) is 14.4 Å². The predicted octanol–water partition coefficient (Wildman–Crippen LogP) is 4.40. The summed E-state index contributed by atoms with van der Waals surface area (Å²) in [4.78, 5) is 45.4. The van der Waals surface area contributed by atoms with Crippen LogP contribution in [0.5, 0.6) is 0 Å². The molecule has 0 N–H and O–H groups in total. The normalized spacial score (nSPS) is 21.1. The van der Waals surface area contributed by atoms with Crippen LogP contribution in [0.15, 0.2) is 24.4 Å². The lowest BCUT2D eigenvalue weighted by Gasteiger charge is -2.34. The lowest BCUT2D eigenvalue weighted by atomic mass is 10.0. The van der Waals surface area contributed by atoms with Crippen LogP contribution in [0.1, 0.15) is 82.1 Å². The molecule has 1 rings (SSSR count). The Labute approximate surface area is 205 Å². The van der Waals surface area contributed by atoms with Crippen molar-refractivity contribution in [1.29, 1.82) is 0 Å². The first-order valence-electron chi connectivity index (χ1n) is 11.8. The van der Waals surface area contributed by atoms with Crippen molar-refractivity contribution in [3.05, 3.63) is 24.4 Å². The third-order valence-electron chi connectivity index (χ3n) is 4.81. The Morgan fingerprint density at radius 3 is 2.03 bits per heavy atom. The molecule has 0 spiro atoms. The molecule has 1 fully saturated rings. The number of carbonyl (C=O) groups is 3. The maximum absolute atomic E-state index is 13.3. The molecule has 8 heteroatoms. The Hall–Kier alpha value is -2.19. The van der Waals surface area contributed by atoms with E-state index in [2.05, 4.69) is 6.58 Å². The molecule has 0 aromatic rings. The van der Waals surface area contributed by atoms with E-state index in [1.807, 2.05) is 53.4 Å². The van der Waals surface area contributed by atoms with Gasteiger partial charge in [-0.2, -0.15) is 5.06 Å². The molecule has 1 heterocycles. The lowest BCUT2D eigenvalue weighted by Crippen LogP contribution is -2.50. The van der Waals surface area contributed by atoms with Gasteiger partial charge in [-0.25, -0.2) is 0 Å². The number of carbonyl (C=O) groups excluding carboxylic acids is 3. The lowest BCUT2D eigenvalue weighted by molar-refractivity contribution is -0.195. The van der Waals surface area contributed by atoms with E-state index in [0.29, 0.717) is 19.4 Å². The van der Waals surface area contributed by atoms with Crippen molar-refractivity contribution in [3.63, 3.8) is 0 Å². The van der Waals surface area contributed by atoms with E-state index < -0.39 is 34.9 Å². The van der Waals surface area contributed by atoms with Gasteiger partial charge in [-0.1, -0.05) is 11.6 Å². The molecule has 0 saturated carbocycles. The number of nitrogens with zero attached hydrogens (tertiary/aromatic N) is 2. The largest absolute Gasteiger partial charge is 0.459 e. The molecule has 0 aromatic carbocycles. The van der Waals surface area contributed by atoms with E-state index in [1.54, 1.807) is 33.0 Å². The van der Waals surface area contributed by atoms with Gasteiger partial charge >= 0.3 is 11.9 Å². The number of likely N-dealkylation sites (tertiary alicyclic amines) is 1. The number of hydroxylamine groups is 2. The molecule has 34 heavy (non-hydrogen) atoms. The molecule has 194 valence electrons. The molecule has 0 aliphatic carbocycles. The molecule has 1 saturated heterocycles. The van der Waals surface area contributed by atoms with E-state index >= 15 is 0 Å². The van der Waals surface area contributed by atoms with Gasteiger partial charge in [0.2, 0.25) is 6.41 Å². The molecule has 3 atom stereocenters. The highest BCUT2D eigenvalue weighted by molar-refractivity contribution is 5.81. The van der Waals surface area contributed by atoms with Gasteiger partial charge in [-0.3, -0.25) is 24.1 Å². The van der Waals surface area contributed by atoms with Crippen LogP contribution in [0.4, 0.5) is 0 Å². The number of ether oxygens (including phenoxy) is 2. The van der Waals surface area contributed by atoms with Crippen LogP contribution in [0.3, 0.4) is 0 Å². The monoisotopic (exact) mass is 480 g/mol. The minimum Gasteiger partial charge on any atom is -0.459 e. The van der Waals surface area contributed by atoms with Gasteiger partial charge in [0.1, 0.15) is 23.3 Å². The summed E-state index contributed by atoms with van der Waals surface area (Å²) in [5.74, 6) is -0.784. The summed E-state index contributed by atoms with van der Waals surface area (Å²) < 4.78 is 11.4. The Kier molecular flexibility index (Phi) is 10.1. The second-order valence-corrected chi connectivity index (χ2v) is 11.9. The van der Waals surface area contributed by atoms with Gasteiger partial charge in [-0.15, -0.1) is 6.58 Å². The topological polar surface area (TPSA) is 85.4 Å². The van der Waals surface area contributed by atoms with Crippen LogP contribution in [0.2, 0.25) is 0 Å². The summed E-state index contributed by atoms with van der Waals surface area (Å²) >= 11 is 0. The van der Waals surface area contributed by atoms with E-state index in [4.69, 9.17) is 14.3 Å². The highest BCUT2D eigenvalue weighted by Crippen LogP contribution is 2.31. The van der Waals surface area contributed by atoms with Crippen LogP contribution in [-0.4, -0.2) is 63.7 Å². The van der Waals surface area contributed by atoms with Crippen LogP contribution < -0.4 is 0 Å². The highest BCUT2D eigenvalue weighted by atomic mass is 16.7. The van der Waals surface area contributed by atoms with Gasteiger partial charge < -0.3 is 9.47 Å². The molecule has 0 aromatic heterocycles.